The van der Waals surface area contributed by atoms with Crippen LogP contribution in [0.5, 0.6) is 0 Å². The highest BCUT2D eigenvalue weighted by atomic mass is 16.5. The number of aromatic carboxylic acids is 1. The number of benzene rings is 1. The fourth-order valence-corrected chi connectivity index (χ4v) is 3.80. The molecule has 1 amide bonds. The van der Waals surface area contributed by atoms with E-state index in [1.165, 1.54) is 0 Å². The third-order valence-electron chi connectivity index (χ3n) is 5.62. The fourth-order valence-electron chi connectivity index (χ4n) is 3.80. The van der Waals surface area contributed by atoms with Gasteiger partial charge in [0.05, 0.1) is 30.9 Å². The summed E-state index contributed by atoms with van der Waals surface area (Å²) in [6.45, 7) is 4.76. The van der Waals surface area contributed by atoms with Crippen LogP contribution >= 0.6 is 0 Å². The highest BCUT2D eigenvalue weighted by Crippen LogP contribution is 2.21. The second-order valence-corrected chi connectivity index (χ2v) is 7.64. The molecule has 2 atom stereocenters. The van der Waals surface area contributed by atoms with Crippen molar-refractivity contribution in [3.05, 3.63) is 47.5 Å². The number of ether oxygens (including phenoxy) is 1. The monoisotopic (exact) mass is 402 g/mol. The first-order valence-electron chi connectivity index (χ1n) is 10.3. The zero-order valence-corrected chi connectivity index (χ0v) is 16.7. The molecule has 2 N–H and O–H groups in total. The van der Waals surface area contributed by atoms with Crippen molar-refractivity contribution in [3.8, 4) is 0 Å². The van der Waals surface area contributed by atoms with Crippen molar-refractivity contribution in [1.29, 1.82) is 0 Å². The van der Waals surface area contributed by atoms with Gasteiger partial charge in [0.2, 0.25) is 5.91 Å². The van der Waals surface area contributed by atoms with Gasteiger partial charge >= 0.3 is 5.97 Å². The molecule has 2 heterocycles. The van der Waals surface area contributed by atoms with Crippen molar-refractivity contribution in [2.75, 3.05) is 39.4 Å². The van der Waals surface area contributed by atoms with Gasteiger partial charge in [0, 0.05) is 32.6 Å². The predicted octanol–water partition coefficient (Wildman–Crippen LogP) is 1.56. The van der Waals surface area contributed by atoms with Crippen LogP contribution in [0.3, 0.4) is 0 Å². The summed E-state index contributed by atoms with van der Waals surface area (Å²) in [4.78, 5) is 27.3. The maximum atomic E-state index is 12.3. The first-order chi connectivity index (χ1) is 14.0. The molecule has 0 bridgehead atoms. The number of carboxylic acids is 1. The minimum Gasteiger partial charge on any atom is -0.478 e. The van der Waals surface area contributed by atoms with E-state index < -0.39 is 12.1 Å². The van der Waals surface area contributed by atoms with Crippen molar-refractivity contribution in [3.63, 3.8) is 0 Å². The molecule has 0 spiro atoms. The maximum absolute atomic E-state index is 12.3. The van der Waals surface area contributed by atoms with Gasteiger partial charge in [-0.15, -0.1) is 0 Å². The number of aliphatic hydroxyl groups excluding tert-OH is 1. The largest absolute Gasteiger partial charge is 0.478 e. The first kappa shape index (κ1) is 21.5. The van der Waals surface area contributed by atoms with Crippen LogP contribution in [-0.4, -0.2) is 83.4 Å². The maximum Gasteiger partial charge on any atom is 0.335 e. The Bertz CT molecular complexity index is 712. The van der Waals surface area contributed by atoms with Gasteiger partial charge in [-0.3, -0.25) is 9.69 Å². The van der Waals surface area contributed by atoms with Gasteiger partial charge in [0.1, 0.15) is 0 Å². The van der Waals surface area contributed by atoms with Crippen LogP contribution in [0.4, 0.5) is 0 Å². The lowest BCUT2D eigenvalue weighted by molar-refractivity contribution is -0.128. The summed E-state index contributed by atoms with van der Waals surface area (Å²) in [7, 11) is 0. The molecule has 1 aromatic rings. The Morgan fingerprint density at radius 2 is 1.93 bits per heavy atom. The first-order valence-corrected chi connectivity index (χ1v) is 10.3. The topological polar surface area (TPSA) is 90.3 Å². The molecular formula is C22H30N2O5. The summed E-state index contributed by atoms with van der Waals surface area (Å²) in [6.07, 6.45) is 5.91. The molecule has 3 rings (SSSR count). The predicted molar refractivity (Wildman–Crippen MR) is 109 cm³/mol. The van der Waals surface area contributed by atoms with Crippen LogP contribution in [-0.2, 0) is 16.0 Å². The van der Waals surface area contributed by atoms with Crippen LogP contribution in [0, 0.1) is 0 Å². The zero-order valence-electron chi connectivity index (χ0n) is 16.7. The third kappa shape index (κ3) is 6.39. The summed E-state index contributed by atoms with van der Waals surface area (Å²) in [5.41, 5.74) is 1.26. The molecule has 0 aromatic heterocycles. The van der Waals surface area contributed by atoms with E-state index in [1.807, 2.05) is 17.1 Å². The average molecular weight is 402 g/mol. The van der Waals surface area contributed by atoms with Gasteiger partial charge in [0.25, 0.3) is 0 Å². The Balaban J connectivity index is 1.47. The van der Waals surface area contributed by atoms with Crippen molar-refractivity contribution in [2.45, 2.75) is 37.8 Å². The molecule has 2 aliphatic rings. The Morgan fingerprint density at radius 1 is 1.21 bits per heavy atom. The van der Waals surface area contributed by atoms with E-state index >= 15 is 0 Å². The third-order valence-corrected chi connectivity index (χ3v) is 5.62. The Labute approximate surface area is 171 Å². The molecule has 0 saturated carbocycles. The van der Waals surface area contributed by atoms with E-state index in [4.69, 9.17) is 9.84 Å². The van der Waals surface area contributed by atoms with E-state index in [1.54, 1.807) is 24.3 Å². The van der Waals surface area contributed by atoms with Crippen LogP contribution in [0.2, 0.25) is 0 Å². The van der Waals surface area contributed by atoms with Crippen LogP contribution < -0.4 is 0 Å². The number of hydrogen-bond acceptors (Lipinski definition) is 5. The van der Waals surface area contributed by atoms with Crippen molar-refractivity contribution < 1.29 is 24.5 Å². The lowest BCUT2D eigenvalue weighted by Gasteiger charge is -2.27. The number of hydrogen-bond donors (Lipinski definition) is 2. The number of carboxylic acid groups (broad SMARTS) is 1. The summed E-state index contributed by atoms with van der Waals surface area (Å²) in [5.74, 6) is -0.812. The second kappa shape index (κ2) is 10.5. The molecule has 2 fully saturated rings. The van der Waals surface area contributed by atoms with Gasteiger partial charge in [-0.05, 0) is 37.0 Å². The minimum absolute atomic E-state index is 0.0128. The van der Waals surface area contributed by atoms with Crippen molar-refractivity contribution in [1.82, 2.24) is 9.80 Å². The Hall–Kier alpha value is -2.22. The van der Waals surface area contributed by atoms with Crippen molar-refractivity contribution >= 4 is 11.9 Å². The molecule has 29 heavy (non-hydrogen) atoms. The number of likely N-dealkylation sites (tertiary alicyclic amines) is 1. The molecule has 0 radical (unpaired) electrons. The molecule has 7 nitrogen and oxygen atoms in total. The number of amides is 1. The number of morpholine rings is 1. The van der Waals surface area contributed by atoms with Crippen LogP contribution in [0.1, 0.15) is 35.2 Å². The van der Waals surface area contributed by atoms with Gasteiger partial charge in [-0.2, -0.15) is 0 Å². The summed E-state index contributed by atoms with van der Waals surface area (Å²) >= 11 is 0. The van der Waals surface area contributed by atoms with Crippen LogP contribution in [0.15, 0.2) is 36.4 Å². The van der Waals surface area contributed by atoms with Gasteiger partial charge in [-0.1, -0.05) is 24.3 Å². The molecule has 158 valence electrons. The molecule has 2 unspecified atom stereocenters. The minimum atomic E-state index is -0.941. The Morgan fingerprint density at radius 3 is 2.62 bits per heavy atom. The van der Waals surface area contributed by atoms with Gasteiger partial charge in [0.15, 0.2) is 0 Å². The molecule has 1 aromatic carbocycles. The van der Waals surface area contributed by atoms with E-state index in [0.717, 1.165) is 44.8 Å². The molecular weight excluding hydrogens is 372 g/mol. The number of rotatable bonds is 9. The lowest BCUT2D eigenvalue weighted by atomic mass is 10.1. The van der Waals surface area contributed by atoms with Crippen molar-refractivity contribution in [2.24, 2.45) is 0 Å². The zero-order chi connectivity index (χ0) is 20.6. The quantitative estimate of drug-likeness (QED) is 0.609. The van der Waals surface area contributed by atoms with Gasteiger partial charge < -0.3 is 19.8 Å². The summed E-state index contributed by atoms with van der Waals surface area (Å²) < 4.78 is 5.33. The van der Waals surface area contributed by atoms with E-state index in [2.05, 4.69) is 4.90 Å². The second-order valence-electron chi connectivity index (χ2n) is 7.64. The highest BCUT2D eigenvalue weighted by molar-refractivity contribution is 5.87. The normalized spacial score (nSPS) is 21.8. The fraction of sp³-hybridized carbons (Fsp3) is 0.545. The Kier molecular flexibility index (Phi) is 7.80. The molecule has 0 aliphatic carbocycles. The number of carbonyl (C=O) groups is 2. The molecule has 2 aliphatic heterocycles. The standard InChI is InChI=1S/C22H30N2O5/c25-20(10-11-23-13-15-29-16-14-23)7-5-19-6-8-21(26)24(19)12-9-17-1-3-18(4-2-17)22(27)28/h1-5,7,19-20,25H,6,8-16H2,(H,27,28)/b7-5-. The summed E-state index contributed by atoms with van der Waals surface area (Å²) in [5, 5.41) is 19.2. The number of aliphatic hydroxyl groups is 1. The SMILES string of the molecule is O=C(O)c1ccc(CCN2C(=O)CCC2/C=C\C(O)CCN2CCOCC2)cc1. The van der Waals surface area contributed by atoms with E-state index in [9.17, 15) is 14.7 Å². The highest BCUT2D eigenvalue weighted by Gasteiger charge is 2.28. The number of carbonyl (C=O) groups excluding carboxylic acids is 1. The lowest BCUT2D eigenvalue weighted by Crippen LogP contribution is -2.37. The van der Waals surface area contributed by atoms with E-state index in [-0.39, 0.29) is 17.5 Å². The smallest absolute Gasteiger partial charge is 0.335 e. The molecule has 7 heteroatoms. The van der Waals surface area contributed by atoms with Crippen LogP contribution in [0.25, 0.3) is 0 Å². The molecule has 2 saturated heterocycles. The summed E-state index contributed by atoms with van der Waals surface area (Å²) in [6, 6.07) is 6.78. The van der Waals surface area contributed by atoms with E-state index in [0.29, 0.717) is 25.8 Å². The number of nitrogens with zero attached hydrogens (tertiary/aromatic N) is 2. The average Bonchev–Trinajstić information content (AvgIpc) is 3.09. The van der Waals surface area contributed by atoms with Gasteiger partial charge in [-0.25, -0.2) is 4.79 Å².